The Labute approximate surface area is 213 Å². The summed E-state index contributed by atoms with van der Waals surface area (Å²) in [6.45, 7) is -0.841. The third kappa shape index (κ3) is 4.51. The first kappa shape index (κ1) is 24.8. The molecule has 2 saturated carbocycles. The molecular formula is C19H25Cl5N3O2P3. The highest BCUT2D eigenvalue weighted by Crippen LogP contribution is 2.87. The zero-order valence-corrected chi connectivity index (χ0v) is 24.1. The molecule has 0 bridgehead atoms. The number of methoxy groups -OCH3 is 1. The van der Waals surface area contributed by atoms with Gasteiger partial charge in [-0.1, -0.05) is 13.0 Å². The molecule has 1 heterocycles. The summed E-state index contributed by atoms with van der Waals surface area (Å²) in [6.07, 6.45) is 6.37. The maximum absolute atomic E-state index is 6.75. The fourth-order valence-corrected chi connectivity index (χ4v) is 23.4. The summed E-state index contributed by atoms with van der Waals surface area (Å²) in [7, 11) is 1.73. The number of hydrogen-bond acceptors (Lipinski definition) is 5. The van der Waals surface area contributed by atoms with E-state index in [9.17, 15) is 0 Å². The molecule has 1 aliphatic heterocycles. The summed E-state index contributed by atoms with van der Waals surface area (Å²) >= 11 is 31.8. The molecule has 0 radical (unpaired) electrons. The van der Waals surface area contributed by atoms with Crippen LogP contribution in [0.4, 0.5) is 0 Å². The number of hydrogen-bond donors (Lipinski definition) is 0. The Morgan fingerprint density at radius 2 is 1.72 bits per heavy atom. The van der Waals surface area contributed by atoms with Crippen LogP contribution in [-0.4, -0.2) is 13.2 Å². The summed E-state index contributed by atoms with van der Waals surface area (Å²) in [5.74, 6) is -3.48. The minimum atomic E-state index is -3.17. The van der Waals surface area contributed by atoms with Crippen molar-refractivity contribution in [1.82, 2.24) is 0 Å². The molecule has 178 valence electrons. The van der Waals surface area contributed by atoms with Crippen molar-refractivity contribution >= 4 is 74.8 Å². The van der Waals surface area contributed by atoms with Gasteiger partial charge in [-0.15, -0.1) is 0 Å². The van der Waals surface area contributed by atoms with E-state index in [-0.39, 0.29) is 11.5 Å². The van der Waals surface area contributed by atoms with Crippen LogP contribution in [0.2, 0.25) is 0 Å². The first-order valence-electron chi connectivity index (χ1n) is 10.7. The molecule has 3 aliphatic carbocycles. The van der Waals surface area contributed by atoms with Crippen molar-refractivity contribution in [3.8, 4) is 5.75 Å². The summed E-state index contributed by atoms with van der Waals surface area (Å²) in [4.78, 5) is 0. The second-order valence-electron chi connectivity index (χ2n) is 9.35. The standard InChI is InChI=1S/C19H25Cl5N3O2P3/c1-19-10-9-15-14-6-4-13(28-2)11-12(14)3-5-16(15)17(19)7-8-18(19)29-32(24)26-30(20,21)25-31(22,23)27-32/h4,6,11,15-18H,3,5,7-10H2,1-2H3/t15-,16-,17+,18+,19+/m1/s1. The first-order valence-corrected chi connectivity index (χ1v) is 20.2. The van der Waals surface area contributed by atoms with Crippen molar-refractivity contribution in [2.75, 3.05) is 7.11 Å². The van der Waals surface area contributed by atoms with Crippen molar-refractivity contribution in [2.24, 2.45) is 30.8 Å². The minimum Gasteiger partial charge on any atom is -0.497 e. The van der Waals surface area contributed by atoms with Gasteiger partial charge in [0.05, 0.1) is 13.2 Å². The molecule has 0 aromatic heterocycles. The highest BCUT2D eigenvalue weighted by molar-refractivity contribution is 8.22. The Kier molecular flexibility index (Phi) is 6.67. The van der Waals surface area contributed by atoms with Gasteiger partial charge in [-0.3, -0.25) is 0 Å². The van der Waals surface area contributed by atoms with Crippen LogP contribution >= 0.6 is 74.8 Å². The third-order valence-corrected chi connectivity index (χ3v) is 19.8. The molecule has 6 atom stereocenters. The smallest absolute Gasteiger partial charge is 0.299 e. The Hall–Kier alpha value is 1.12. The monoisotopic (exact) mass is 595 g/mol. The predicted molar refractivity (Wildman–Crippen MR) is 140 cm³/mol. The Balaban J connectivity index is 1.42. The molecule has 4 aliphatic rings. The molecule has 5 rings (SSSR count). The molecule has 0 saturated heterocycles. The molecule has 1 unspecified atom stereocenters. The van der Waals surface area contributed by atoms with Crippen LogP contribution in [0.1, 0.15) is 56.1 Å². The van der Waals surface area contributed by atoms with Gasteiger partial charge in [0.25, 0.3) is 18.6 Å². The summed E-state index contributed by atoms with van der Waals surface area (Å²) < 4.78 is 24.5. The van der Waals surface area contributed by atoms with E-state index in [1.54, 1.807) is 7.11 Å². The zero-order valence-electron chi connectivity index (χ0n) is 17.7. The van der Waals surface area contributed by atoms with Gasteiger partial charge in [-0.2, -0.15) is 13.5 Å². The van der Waals surface area contributed by atoms with Gasteiger partial charge in [-0.25, -0.2) is 0 Å². The Morgan fingerprint density at radius 1 is 0.969 bits per heavy atom. The Bertz CT molecular complexity index is 1110. The first-order chi connectivity index (χ1) is 14.9. The summed E-state index contributed by atoms with van der Waals surface area (Å²) in [5, 5.41) is 0. The lowest BCUT2D eigenvalue weighted by Crippen LogP contribution is -2.44. The summed E-state index contributed by atoms with van der Waals surface area (Å²) in [6, 6.07) is 6.57. The summed E-state index contributed by atoms with van der Waals surface area (Å²) in [5.41, 5.74) is 2.92. The number of benzene rings is 1. The van der Waals surface area contributed by atoms with Crippen molar-refractivity contribution in [3.05, 3.63) is 29.3 Å². The molecule has 0 amide bonds. The molecule has 13 heteroatoms. The van der Waals surface area contributed by atoms with Gasteiger partial charge < -0.3 is 9.26 Å². The van der Waals surface area contributed by atoms with Crippen LogP contribution in [0.25, 0.3) is 0 Å². The fraction of sp³-hybridized carbons (Fsp3) is 0.684. The maximum Gasteiger partial charge on any atom is 0.299 e. The number of halogens is 5. The van der Waals surface area contributed by atoms with Crippen molar-refractivity contribution in [2.45, 2.75) is 57.5 Å². The minimum absolute atomic E-state index is 0.00782. The number of rotatable bonds is 3. The van der Waals surface area contributed by atoms with E-state index in [0.29, 0.717) is 17.8 Å². The molecule has 1 aromatic rings. The number of ether oxygens (including phenoxy) is 1. The average Bonchev–Trinajstić information content (AvgIpc) is 3.00. The van der Waals surface area contributed by atoms with Gasteiger partial charge >= 0.3 is 0 Å². The highest BCUT2D eigenvalue weighted by Gasteiger charge is 2.56. The van der Waals surface area contributed by atoms with E-state index in [1.807, 2.05) is 0 Å². The quantitative estimate of drug-likeness (QED) is 0.326. The number of nitrogens with zero attached hydrogens (tertiary/aromatic N) is 3. The zero-order chi connectivity index (χ0) is 22.9. The predicted octanol–water partition coefficient (Wildman–Crippen LogP) is 11.0. The third-order valence-electron chi connectivity index (χ3n) is 7.76. The molecule has 1 aromatic carbocycles. The normalized spacial score (nSPS) is 41.2. The van der Waals surface area contributed by atoms with Crippen molar-refractivity contribution < 1.29 is 9.26 Å². The van der Waals surface area contributed by atoms with Crippen LogP contribution in [0.3, 0.4) is 0 Å². The van der Waals surface area contributed by atoms with E-state index in [4.69, 9.17) is 65.5 Å². The lowest BCUT2D eigenvalue weighted by atomic mass is 9.55. The van der Waals surface area contributed by atoms with Crippen LogP contribution in [-0.2, 0) is 10.9 Å². The van der Waals surface area contributed by atoms with Crippen LogP contribution in [0, 0.1) is 17.3 Å². The second-order valence-corrected chi connectivity index (χ2v) is 22.5. The van der Waals surface area contributed by atoms with Gasteiger partial charge in [0, 0.05) is 0 Å². The van der Waals surface area contributed by atoms with E-state index in [0.717, 1.165) is 37.9 Å². The number of fused-ring (bicyclic) bond motifs is 5. The van der Waals surface area contributed by atoms with Crippen molar-refractivity contribution in [3.63, 3.8) is 0 Å². The highest BCUT2D eigenvalue weighted by atomic mass is 35.9. The molecule has 32 heavy (non-hydrogen) atoms. The molecule has 0 N–H and O–H groups in total. The van der Waals surface area contributed by atoms with Gasteiger partial charge in [0.15, 0.2) is 0 Å². The topological polar surface area (TPSA) is 55.5 Å². The second kappa shape index (κ2) is 8.61. The van der Waals surface area contributed by atoms with E-state index < -0.39 is 18.6 Å². The van der Waals surface area contributed by atoms with E-state index >= 15 is 0 Å². The van der Waals surface area contributed by atoms with Crippen LogP contribution in [0.15, 0.2) is 31.7 Å². The van der Waals surface area contributed by atoms with E-state index in [2.05, 4.69) is 38.7 Å². The van der Waals surface area contributed by atoms with Crippen molar-refractivity contribution in [1.29, 1.82) is 0 Å². The van der Waals surface area contributed by atoms with E-state index in [1.165, 1.54) is 17.5 Å². The maximum atomic E-state index is 6.75. The largest absolute Gasteiger partial charge is 0.497 e. The Morgan fingerprint density at radius 3 is 2.44 bits per heavy atom. The molecule has 5 nitrogen and oxygen atoms in total. The van der Waals surface area contributed by atoms with Gasteiger partial charge in [0.1, 0.15) is 5.75 Å². The van der Waals surface area contributed by atoms with Crippen LogP contribution < -0.4 is 4.74 Å². The average molecular weight is 598 g/mol. The lowest BCUT2D eigenvalue weighted by Gasteiger charge is -2.50. The SMILES string of the molecule is COc1ccc2c(c1)CC[C@@H]1[C@@H]2CC[C@]2(C)[C@@H](OP3(Cl)=NP(Cl)(Cl)=NP(Cl)(Cl)=N3)CC[C@@H]12. The molecular weight excluding hydrogens is 572 g/mol. The van der Waals surface area contributed by atoms with Crippen LogP contribution in [0.5, 0.6) is 5.75 Å². The number of aryl methyl sites for hydroxylation is 1. The fourth-order valence-electron chi connectivity index (χ4n) is 6.46. The van der Waals surface area contributed by atoms with Gasteiger partial charge in [-0.05, 0) is 141 Å². The van der Waals surface area contributed by atoms with Gasteiger partial charge in [0.2, 0.25) is 0 Å². The lowest BCUT2D eigenvalue weighted by molar-refractivity contribution is -0.00615. The molecule has 2 fully saturated rings. The molecule has 0 spiro atoms.